The fraction of sp³-hybridized carbons (Fsp3) is 0.864. The van der Waals surface area contributed by atoms with Gasteiger partial charge in [-0.3, -0.25) is 0 Å². The van der Waals surface area contributed by atoms with Crippen molar-refractivity contribution in [3.63, 3.8) is 0 Å². The van der Waals surface area contributed by atoms with E-state index in [9.17, 15) is 4.39 Å². The lowest BCUT2D eigenvalue weighted by Gasteiger charge is -2.37. The van der Waals surface area contributed by atoms with Gasteiger partial charge in [-0.2, -0.15) is 9.65 Å². The molecule has 0 atom stereocenters. The van der Waals surface area contributed by atoms with E-state index in [1.54, 1.807) is 12.1 Å². The van der Waals surface area contributed by atoms with Crippen LogP contribution in [0.1, 0.15) is 96.8 Å². The summed E-state index contributed by atoms with van der Waals surface area (Å²) in [5, 5.41) is 8.56. The van der Waals surface area contributed by atoms with Crippen molar-refractivity contribution >= 4 is 0 Å². The maximum absolute atomic E-state index is 13.1. The molecule has 2 aliphatic carbocycles. The van der Waals surface area contributed by atoms with E-state index in [4.69, 9.17) is 5.26 Å². The van der Waals surface area contributed by atoms with Crippen LogP contribution < -0.4 is 0 Å². The van der Waals surface area contributed by atoms with Gasteiger partial charge >= 0.3 is 0 Å². The first-order valence-corrected chi connectivity index (χ1v) is 10.5. The maximum Gasteiger partial charge on any atom is 0.196 e. The molecular weight excluding hydrogens is 297 g/mol. The lowest BCUT2D eigenvalue weighted by molar-refractivity contribution is 0.151. The molecule has 2 heteroatoms. The summed E-state index contributed by atoms with van der Waals surface area (Å²) in [7, 11) is 0. The Morgan fingerprint density at radius 3 is 2.08 bits per heavy atom. The molecule has 0 spiro atoms. The molecule has 0 unspecified atom stereocenters. The van der Waals surface area contributed by atoms with Crippen molar-refractivity contribution in [2.75, 3.05) is 0 Å². The summed E-state index contributed by atoms with van der Waals surface area (Å²) in [5.41, 5.74) is 0. The topological polar surface area (TPSA) is 23.8 Å². The third-order valence-electron chi connectivity index (χ3n) is 6.58. The monoisotopic (exact) mass is 333 g/mol. The van der Waals surface area contributed by atoms with Crippen LogP contribution in [0.25, 0.3) is 0 Å². The lowest BCUT2D eigenvalue weighted by Crippen LogP contribution is -2.25. The standard InChI is InChI=1S/C22H36FN/c1-2-3-4-5-6-7-18-8-12-20(13-9-18)21-14-10-19(11-15-21)16-22(23)17-24/h16,18-21H,2-15H2,1H3/b22-16+. The first-order valence-electron chi connectivity index (χ1n) is 10.5. The quantitative estimate of drug-likeness (QED) is 0.337. The summed E-state index contributed by atoms with van der Waals surface area (Å²) < 4.78 is 13.1. The second-order valence-electron chi connectivity index (χ2n) is 8.28. The van der Waals surface area contributed by atoms with Crippen molar-refractivity contribution in [3.05, 3.63) is 11.9 Å². The molecule has 2 saturated carbocycles. The average molecular weight is 334 g/mol. The highest BCUT2D eigenvalue weighted by Gasteiger charge is 2.30. The summed E-state index contributed by atoms with van der Waals surface area (Å²) in [6, 6.07) is 1.61. The van der Waals surface area contributed by atoms with Crippen LogP contribution in [0.3, 0.4) is 0 Å². The van der Waals surface area contributed by atoms with Gasteiger partial charge in [0.25, 0.3) is 0 Å². The zero-order valence-electron chi connectivity index (χ0n) is 15.6. The van der Waals surface area contributed by atoms with Crippen LogP contribution in [0.4, 0.5) is 4.39 Å². The van der Waals surface area contributed by atoms with Crippen molar-refractivity contribution in [2.45, 2.75) is 96.8 Å². The van der Waals surface area contributed by atoms with E-state index in [0.29, 0.717) is 5.92 Å². The van der Waals surface area contributed by atoms with Crippen LogP contribution >= 0.6 is 0 Å². The highest BCUT2D eigenvalue weighted by atomic mass is 19.1. The predicted molar refractivity (Wildman–Crippen MR) is 99.1 cm³/mol. The van der Waals surface area contributed by atoms with E-state index in [-0.39, 0.29) is 0 Å². The van der Waals surface area contributed by atoms with Crippen LogP contribution in [-0.2, 0) is 0 Å². The molecular formula is C22H36FN. The molecule has 0 amide bonds. The Labute approximate surface area is 148 Å². The van der Waals surface area contributed by atoms with Crippen LogP contribution in [0.5, 0.6) is 0 Å². The third kappa shape index (κ3) is 6.58. The summed E-state index contributed by atoms with van der Waals surface area (Å²) in [6.07, 6.45) is 20.5. The molecule has 0 aromatic rings. The van der Waals surface area contributed by atoms with Gasteiger partial charge in [-0.15, -0.1) is 0 Å². The first-order chi connectivity index (χ1) is 11.7. The van der Waals surface area contributed by atoms with Gasteiger partial charge in [0.15, 0.2) is 5.83 Å². The molecule has 1 nitrogen and oxygen atoms in total. The Morgan fingerprint density at radius 2 is 1.50 bits per heavy atom. The molecule has 2 fully saturated rings. The number of unbranched alkanes of at least 4 members (excludes halogenated alkanes) is 4. The van der Waals surface area contributed by atoms with Crippen molar-refractivity contribution in [1.29, 1.82) is 5.26 Å². The van der Waals surface area contributed by atoms with Gasteiger partial charge in [-0.1, -0.05) is 58.3 Å². The summed E-state index contributed by atoms with van der Waals surface area (Å²) in [5.74, 6) is 2.50. The first kappa shape index (κ1) is 19.5. The van der Waals surface area contributed by atoms with E-state index >= 15 is 0 Å². The summed E-state index contributed by atoms with van der Waals surface area (Å²) in [6.45, 7) is 2.28. The Morgan fingerprint density at radius 1 is 0.917 bits per heavy atom. The number of nitriles is 1. The minimum atomic E-state index is -0.585. The molecule has 136 valence electrons. The van der Waals surface area contributed by atoms with E-state index in [1.165, 1.54) is 77.0 Å². The van der Waals surface area contributed by atoms with E-state index < -0.39 is 5.83 Å². The smallest absolute Gasteiger partial charge is 0.195 e. The van der Waals surface area contributed by atoms with Gasteiger partial charge < -0.3 is 0 Å². The molecule has 0 saturated heterocycles. The Kier molecular flexibility index (Phi) is 8.86. The number of allylic oxidation sites excluding steroid dienone is 2. The Bertz CT molecular complexity index is 406. The number of halogens is 1. The Hall–Kier alpha value is -0.840. The number of hydrogen-bond acceptors (Lipinski definition) is 1. The van der Waals surface area contributed by atoms with Crippen LogP contribution in [-0.4, -0.2) is 0 Å². The summed E-state index contributed by atoms with van der Waals surface area (Å²) in [4.78, 5) is 0. The second kappa shape index (κ2) is 10.9. The van der Waals surface area contributed by atoms with E-state index in [2.05, 4.69) is 6.92 Å². The zero-order valence-corrected chi connectivity index (χ0v) is 15.6. The number of nitrogens with zero attached hydrogens (tertiary/aromatic N) is 1. The Balaban J connectivity index is 1.61. The molecule has 0 aliphatic heterocycles. The minimum Gasteiger partial charge on any atom is -0.195 e. The zero-order chi connectivity index (χ0) is 17.2. The highest BCUT2D eigenvalue weighted by Crippen LogP contribution is 2.42. The van der Waals surface area contributed by atoms with Gasteiger partial charge in [-0.05, 0) is 68.3 Å². The van der Waals surface area contributed by atoms with Crippen molar-refractivity contribution in [3.8, 4) is 6.07 Å². The second-order valence-corrected chi connectivity index (χ2v) is 8.28. The highest BCUT2D eigenvalue weighted by molar-refractivity contribution is 5.13. The molecule has 2 aliphatic rings. The fourth-order valence-electron chi connectivity index (χ4n) is 5.01. The maximum atomic E-state index is 13.1. The largest absolute Gasteiger partial charge is 0.196 e. The van der Waals surface area contributed by atoms with Gasteiger partial charge in [-0.25, -0.2) is 0 Å². The van der Waals surface area contributed by atoms with Crippen LogP contribution in [0, 0.1) is 35.0 Å². The molecule has 0 heterocycles. The van der Waals surface area contributed by atoms with E-state index in [0.717, 1.165) is 30.6 Å². The molecule has 0 aromatic carbocycles. The summed E-state index contributed by atoms with van der Waals surface area (Å²) >= 11 is 0. The van der Waals surface area contributed by atoms with Gasteiger partial charge in [0, 0.05) is 0 Å². The van der Waals surface area contributed by atoms with Crippen LogP contribution in [0.15, 0.2) is 11.9 Å². The van der Waals surface area contributed by atoms with Gasteiger partial charge in [0.05, 0.1) is 0 Å². The van der Waals surface area contributed by atoms with E-state index in [1.807, 2.05) is 0 Å². The van der Waals surface area contributed by atoms with Crippen LogP contribution in [0.2, 0.25) is 0 Å². The normalized spacial score (nSPS) is 31.6. The predicted octanol–water partition coefficient (Wildman–Crippen LogP) is 7.34. The fourth-order valence-corrected chi connectivity index (χ4v) is 5.01. The molecule has 0 radical (unpaired) electrons. The minimum absolute atomic E-state index is 0.306. The van der Waals surface area contributed by atoms with Gasteiger partial charge in [0.2, 0.25) is 0 Å². The van der Waals surface area contributed by atoms with Crippen molar-refractivity contribution in [1.82, 2.24) is 0 Å². The van der Waals surface area contributed by atoms with Gasteiger partial charge in [0.1, 0.15) is 6.07 Å². The van der Waals surface area contributed by atoms with Crippen molar-refractivity contribution in [2.24, 2.45) is 23.7 Å². The van der Waals surface area contributed by atoms with Crippen molar-refractivity contribution < 1.29 is 4.39 Å². The molecule has 0 aromatic heterocycles. The number of hydrogen-bond donors (Lipinski definition) is 0. The third-order valence-corrected chi connectivity index (χ3v) is 6.58. The average Bonchev–Trinajstić information content (AvgIpc) is 2.63. The molecule has 0 N–H and O–H groups in total. The SMILES string of the molecule is CCCCCCCC1CCC(C2CCC(/C=C(/F)C#N)CC2)CC1. The lowest BCUT2D eigenvalue weighted by atomic mass is 9.68. The number of rotatable bonds is 8. The molecule has 24 heavy (non-hydrogen) atoms. The molecule has 2 rings (SSSR count). The molecule has 0 bridgehead atoms.